The van der Waals surface area contributed by atoms with Gasteiger partial charge >= 0.3 is 0 Å². The van der Waals surface area contributed by atoms with Crippen molar-refractivity contribution < 1.29 is 27.5 Å². The number of aryl methyl sites for hydroxylation is 1. The number of amidine groups is 1. The summed E-state index contributed by atoms with van der Waals surface area (Å²) in [6.07, 6.45) is 6.09. The lowest BCUT2D eigenvalue weighted by molar-refractivity contribution is -0.0517. The van der Waals surface area contributed by atoms with E-state index in [0.29, 0.717) is 30.1 Å². The van der Waals surface area contributed by atoms with Gasteiger partial charge in [-0.3, -0.25) is 0 Å². The number of oxime groups is 1. The van der Waals surface area contributed by atoms with Crippen LogP contribution in [0.25, 0.3) is 11.8 Å². The van der Waals surface area contributed by atoms with Crippen molar-refractivity contribution in [3.8, 4) is 11.4 Å². The molecule has 1 unspecified atom stereocenters. The Hall–Kier alpha value is -3.70. The summed E-state index contributed by atoms with van der Waals surface area (Å²) in [4.78, 5) is 11.9. The van der Waals surface area contributed by atoms with Gasteiger partial charge in [0.1, 0.15) is 23.7 Å². The summed E-state index contributed by atoms with van der Waals surface area (Å²) in [7, 11) is -1.54. The molecule has 0 radical (unpaired) electrons. The van der Waals surface area contributed by atoms with Crippen molar-refractivity contribution in [3.63, 3.8) is 0 Å². The molecule has 1 aromatic heterocycles. The van der Waals surface area contributed by atoms with Gasteiger partial charge in [0.05, 0.1) is 42.9 Å². The molecule has 2 fully saturated rings. The number of piperidine rings is 1. The summed E-state index contributed by atoms with van der Waals surface area (Å²) < 4.78 is 46.1. The SMILES string of the molecule is COc1cc(C=C2CC3(CN4C2=NOCC4(CO)c2ccc(F)cc2)CS(=O)(=O)C3)ccc1-n1cnc(C)c1. The summed E-state index contributed by atoms with van der Waals surface area (Å²) in [5.74, 6) is 0.891. The maximum atomic E-state index is 13.8. The van der Waals surface area contributed by atoms with Crippen molar-refractivity contribution in [1.29, 1.82) is 0 Å². The fourth-order valence-corrected chi connectivity index (χ4v) is 8.20. The van der Waals surface area contributed by atoms with Gasteiger partial charge in [0, 0.05) is 18.2 Å². The van der Waals surface area contributed by atoms with Gasteiger partial charge in [-0.25, -0.2) is 17.8 Å². The normalized spacial score (nSPS) is 24.1. The first-order valence-corrected chi connectivity index (χ1v) is 14.4. The van der Waals surface area contributed by atoms with Gasteiger partial charge in [0.25, 0.3) is 0 Å². The van der Waals surface area contributed by atoms with Gasteiger partial charge < -0.3 is 24.1 Å². The van der Waals surface area contributed by atoms with E-state index in [1.807, 2.05) is 46.9 Å². The number of aliphatic hydroxyl groups excluding tert-OH is 1. The van der Waals surface area contributed by atoms with E-state index >= 15 is 0 Å². The van der Waals surface area contributed by atoms with Gasteiger partial charge in [-0.15, -0.1) is 0 Å². The maximum absolute atomic E-state index is 13.8. The number of hydrogen-bond acceptors (Lipinski definition) is 8. The van der Waals surface area contributed by atoms with Crippen molar-refractivity contribution in [2.24, 2.45) is 10.6 Å². The van der Waals surface area contributed by atoms with Crippen LogP contribution in [-0.2, 0) is 20.2 Å². The molecule has 6 rings (SSSR count). The number of rotatable bonds is 5. The van der Waals surface area contributed by atoms with Crippen LogP contribution in [0.5, 0.6) is 5.75 Å². The molecule has 0 aliphatic carbocycles. The Kier molecular flexibility index (Phi) is 6.03. The van der Waals surface area contributed by atoms with Crippen LogP contribution in [0.4, 0.5) is 4.39 Å². The number of methoxy groups -OCH3 is 1. The topological polar surface area (TPSA) is 106 Å². The van der Waals surface area contributed by atoms with Crippen molar-refractivity contribution in [3.05, 3.63) is 83.2 Å². The third-order valence-electron chi connectivity index (χ3n) is 7.80. The predicted octanol–water partition coefficient (Wildman–Crippen LogP) is 3.06. The molecule has 0 bridgehead atoms. The second-order valence-corrected chi connectivity index (χ2v) is 12.8. The summed E-state index contributed by atoms with van der Waals surface area (Å²) in [6, 6.07) is 11.7. The van der Waals surface area contributed by atoms with E-state index in [1.54, 1.807) is 25.6 Å². The van der Waals surface area contributed by atoms with Crippen LogP contribution in [-0.4, -0.2) is 72.2 Å². The first-order chi connectivity index (χ1) is 18.7. The average molecular weight is 553 g/mol. The lowest BCUT2D eigenvalue weighted by Crippen LogP contribution is -2.67. The minimum Gasteiger partial charge on any atom is -0.495 e. The van der Waals surface area contributed by atoms with E-state index in [-0.39, 0.29) is 30.5 Å². The smallest absolute Gasteiger partial charge is 0.172 e. The highest BCUT2D eigenvalue weighted by atomic mass is 32.2. The zero-order valence-electron chi connectivity index (χ0n) is 21.7. The van der Waals surface area contributed by atoms with Crippen LogP contribution < -0.4 is 4.74 Å². The van der Waals surface area contributed by atoms with E-state index in [4.69, 9.17) is 9.57 Å². The van der Waals surface area contributed by atoms with Gasteiger partial charge in [0.2, 0.25) is 0 Å². The lowest BCUT2D eigenvalue weighted by atomic mass is 9.75. The van der Waals surface area contributed by atoms with Crippen molar-refractivity contribution in [2.45, 2.75) is 18.9 Å². The molecule has 1 spiro atoms. The first kappa shape index (κ1) is 25.6. The zero-order chi connectivity index (χ0) is 27.4. The molecule has 0 saturated carbocycles. The predicted molar refractivity (Wildman–Crippen MR) is 144 cm³/mol. The van der Waals surface area contributed by atoms with Crippen molar-refractivity contribution in [1.82, 2.24) is 14.5 Å². The number of imidazole rings is 1. The number of benzene rings is 2. The van der Waals surface area contributed by atoms with E-state index in [0.717, 1.165) is 22.5 Å². The largest absolute Gasteiger partial charge is 0.495 e. The second kappa shape index (κ2) is 9.20. The average Bonchev–Trinajstić information content (AvgIpc) is 3.33. The Labute approximate surface area is 226 Å². The molecule has 2 saturated heterocycles. The van der Waals surface area contributed by atoms with Gasteiger partial charge in [0.15, 0.2) is 15.7 Å². The Morgan fingerprint density at radius 3 is 2.62 bits per heavy atom. The third-order valence-corrected chi connectivity index (χ3v) is 9.91. The highest BCUT2D eigenvalue weighted by molar-refractivity contribution is 7.92. The molecular weight excluding hydrogens is 523 g/mol. The van der Waals surface area contributed by atoms with E-state index in [2.05, 4.69) is 10.1 Å². The van der Waals surface area contributed by atoms with E-state index in [1.165, 1.54) is 12.1 Å². The molecule has 9 nitrogen and oxygen atoms in total. The molecule has 3 aliphatic heterocycles. The minimum atomic E-state index is -3.15. The number of ether oxygens (including phenoxy) is 1. The highest BCUT2D eigenvalue weighted by Gasteiger charge is 2.57. The fraction of sp³-hybridized carbons (Fsp3) is 0.357. The molecule has 11 heteroatoms. The molecule has 39 heavy (non-hydrogen) atoms. The van der Waals surface area contributed by atoms with Gasteiger partial charge in [-0.2, -0.15) is 0 Å². The summed E-state index contributed by atoms with van der Waals surface area (Å²) in [6.45, 7) is 2.02. The highest BCUT2D eigenvalue weighted by Crippen LogP contribution is 2.48. The standard InChI is InChI=1S/C28H29FN4O5S/c1-19-12-32(18-30-19)24-8-3-20(10-25(24)37-2)9-21-11-27(16-39(35,36)17-27)13-33-26(21)31-38-15-28(33,14-34)22-4-6-23(29)7-5-22/h3-10,12,18,34H,11,13-17H2,1-2H3. The molecule has 1 atom stereocenters. The van der Waals surface area contributed by atoms with E-state index < -0.39 is 20.8 Å². The van der Waals surface area contributed by atoms with Gasteiger partial charge in [-0.1, -0.05) is 23.4 Å². The lowest BCUT2D eigenvalue weighted by Gasteiger charge is -2.56. The van der Waals surface area contributed by atoms with Crippen LogP contribution in [0.2, 0.25) is 0 Å². The Balaban J connectivity index is 1.44. The number of aromatic nitrogens is 2. The number of sulfone groups is 1. The molecule has 3 aromatic rings. The minimum absolute atomic E-state index is 0.0432. The van der Waals surface area contributed by atoms with Crippen LogP contribution in [0.15, 0.2) is 65.7 Å². The zero-order valence-corrected chi connectivity index (χ0v) is 22.5. The third kappa shape index (κ3) is 4.39. The summed E-state index contributed by atoms with van der Waals surface area (Å²) in [5.41, 5.74) is 2.45. The van der Waals surface area contributed by atoms with Crippen LogP contribution in [0, 0.1) is 18.2 Å². The van der Waals surface area contributed by atoms with E-state index in [9.17, 15) is 17.9 Å². The summed E-state index contributed by atoms with van der Waals surface area (Å²) >= 11 is 0. The Morgan fingerprint density at radius 2 is 1.97 bits per heavy atom. The first-order valence-electron chi connectivity index (χ1n) is 12.6. The Bertz CT molecular complexity index is 1590. The van der Waals surface area contributed by atoms with Crippen molar-refractivity contribution >= 4 is 21.7 Å². The number of hydrogen-bond donors (Lipinski definition) is 1. The number of aliphatic hydroxyl groups is 1. The molecule has 4 heterocycles. The molecule has 2 aromatic carbocycles. The van der Waals surface area contributed by atoms with Crippen LogP contribution in [0.3, 0.4) is 0 Å². The monoisotopic (exact) mass is 552 g/mol. The van der Waals surface area contributed by atoms with Gasteiger partial charge in [-0.05, 0) is 60.4 Å². The summed E-state index contributed by atoms with van der Waals surface area (Å²) in [5, 5.41) is 15.1. The number of nitrogens with zero attached hydrogens (tertiary/aromatic N) is 4. The van der Waals surface area contributed by atoms with Crippen molar-refractivity contribution in [2.75, 3.05) is 38.4 Å². The maximum Gasteiger partial charge on any atom is 0.172 e. The number of fused-ring (bicyclic) bond motifs is 1. The molecule has 3 aliphatic rings. The van der Waals surface area contributed by atoms with Crippen LogP contribution in [0.1, 0.15) is 23.2 Å². The Morgan fingerprint density at radius 1 is 1.21 bits per heavy atom. The number of halogens is 1. The molecule has 204 valence electrons. The second-order valence-electron chi connectivity index (χ2n) is 10.7. The molecule has 0 amide bonds. The van der Waals surface area contributed by atoms with Crippen LogP contribution >= 0.6 is 0 Å². The fourth-order valence-electron chi connectivity index (χ4n) is 6.04. The quantitative estimate of drug-likeness (QED) is 0.519. The molecule has 1 N–H and O–H groups in total. The molecular formula is C28H29FN4O5S.